The highest BCUT2D eigenvalue weighted by molar-refractivity contribution is 6.05. The molecule has 1 saturated heterocycles. The highest BCUT2D eigenvalue weighted by atomic mass is 16.5. The van der Waals surface area contributed by atoms with Gasteiger partial charge < -0.3 is 10.1 Å². The minimum atomic E-state index is -0.787. The topological polar surface area (TPSA) is 84.5 Å². The van der Waals surface area contributed by atoms with Crippen molar-refractivity contribution in [1.82, 2.24) is 10.6 Å². The van der Waals surface area contributed by atoms with Gasteiger partial charge in [-0.25, -0.2) is 4.79 Å². The number of urea groups is 1. The summed E-state index contributed by atoms with van der Waals surface area (Å²) in [6.07, 6.45) is -0.131. The number of hydrogen-bond donors (Lipinski definition) is 2. The Hall–Kier alpha value is -1.59. The van der Waals surface area contributed by atoms with Crippen LogP contribution in [0.2, 0.25) is 0 Å². The molecule has 0 aromatic heterocycles. The maximum atomic E-state index is 10.8. The van der Waals surface area contributed by atoms with E-state index in [1.807, 2.05) is 5.32 Å². The third-order valence-electron chi connectivity index (χ3n) is 1.46. The van der Waals surface area contributed by atoms with Crippen LogP contribution in [0.15, 0.2) is 0 Å². The first-order valence-corrected chi connectivity index (χ1v) is 3.31. The maximum Gasteiger partial charge on any atom is 0.322 e. The quantitative estimate of drug-likeness (QED) is 0.403. The Morgan fingerprint density at radius 3 is 2.67 bits per heavy atom. The monoisotopic (exact) mass is 172 g/mol. The summed E-state index contributed by atoms with van der Waals surface area (Å²) in [4.78, 5) is 32.0. The van der Waals surface area contributed by atoms with E-state index >= 15 is 0 Å². The Morgan fingerprint density at radius 2 is 2.25 bits per heavy atom. The third kappa shape index (κ3) is 1.71. The number of amides is 3. The van der Waals surface area contributed by atoms with E-state index in [0.29, 0.717) is 0 Å². The number of carbonyl (C=O) groups excluding carboxylic acids is 3. The van der Waals surface area contributed by atoms with Crippen molar-refractivity contribution < 1.29 is 19.1 Å². The summed E-state index contributed by atoms with van der Waals surface area (Å²) in [7, 11) is 1.22. The van der Waals surface area contributed by atoms with Gasteiger partial charge in [-0.3, -0.25) is 14.9 Å². The number of esters is 1. The first-order valence-electron chi connectivity index (χ1n) is 3.31. The van der Waals surface area contributed by atoms with Gasteiger partial charge in [0.15, 0.2) is 0 Å². The molecule has 0 saturated carbocycles. The summed E-state index contributed by atoms with van der Waals surface area (Å²) in [5.41, 5.74) is 0. The molecule has 0 aliphatic carbocycles. The van der Waals surface area contributed by atoms with Crippen molar-refractivity contribution in [2.24, 2.45) is 0 Å². The third-order valence-corrected chi connectivity index (χ3v) is 1.46. The standard InChI is InChI=1S/C6H8N2O4/c1-12-4(9)2-3-5(10)8-6(11)7-3/h3H,2H2,1H3,(H2,7,8,10,11)/t3-/m1/s1. The molecule has 0 aromatic carbocycles. The lowest BCUT2D eigenvalue weighted by atomic mass is 10.2. The largest absolute Gasteiger partial charge is 0.469 e. The van der Waals surface area contributed by atoms with E-state index in [9.17, 15) is 14.4 Å². The maximum absolute atomic E-state index is 10.8. The van der Waals surface area contributed by atoms with Crippen molar-refractivity contribution in [3.63, 3.8) is 0 Å². The van der Waals surface area contributed by atoms with Gasteiger partial charge in [-0.1, -0.05) is 0 Å². The first kappa shape index (κ1) is 8.51. The van der Waals surface area contributed by atoms with E-state index in [1.165, 1.54) is 7.11 Å². The summed E-state index contributed by atoms with van der Waals surface area (Å²) in [6, 6.07) is -1.36. The Labute approximate surface area is 68.3 Å². The smallest absolute Gasteiger partial charge is 0.322 e. The number of hydrogen-bond acceptors (Lipinski definition) is 4. The van der Waals surface area contributed by atoms with Crippen LogP contribution in [0, 0.1) is 0 Å². The lowest BCUT2D eigenvalue weighted by molar-refractivity contribution is -0.142. The Morgan fingerprint density at radius 1 is 1.58 bits per heavy atom. The number of ether oxygens (including phenoxy) is 1. The van der Waals surface area contributed by atoms with Crippen LogP contribution in [0.25, 0.3) is 0 Å². The molecule has 66 valence electrons. The van der Waals surface area contributed by atoms with Crippen LogP contribution < -0.4 is 10.6 Å². The van der Waals surface area contributed by atoms with Crippen molar-refractivity contribution in [2.75, 3.05) is 7.11 Å². The summed E-state index contributed by atoms with van der Waals surface area (Å²) in [5.74, 6) is -1.03. The SMILES string of the molecule is COC(=O)C[C@H]1NC(=O)NC1=O. The van der Waals surface area contributed by atoms with Crippen molar-refractivity contribution in [3.05, 3.63) is 0 Å². The zero-order chi connectivity index (χ0) is 9.14. The molecule has 1 rings (SSSR count). The van der Waals surface area contributed by atoms with E-state index < -0.39 is 23.9 Å². The molecule has 12 heavy (non-hydrogen) atoms. The molecule has 0 bridgehead atoms. The normalized spacial score (nSPS) is 21.6. The van der Waals surface area contributed by atoms with Gasteiger partial charge in [0.25, 0.3) is 5.91 Å². The summed E-state index contributed by atoms with van der Waals surface area (Å²) in [6.45, 7) is 0. The Balaban J connectivity index is 2.48. The molecular formula is C6H8N2O4. The zero-order valence-electron chi connectivity index (χ0n) is 6.42. The van der Waals surface area contributed by atoms with Crippen LogP contribution in [0.1, 0.15) is 6.42 Å². The molecule has 0 spiro atoms. The fourth-order valence-corrected chi connectivity index (χ4v) is 0.853. The van der Waals surface area contributed by atoms with E-state index in [1.54, 1.807) is 0 Å². The molecule has 1 atom stereocenters. The molecule has 0 radical (unpaired) electrons. The average molecular weight is 172 g/mol. The van der Waals surface area contributed by atoms with Gasteiger partial charge in [0.2, 0.25) is 0 Å². The second kappa shape index (κ2) is 3.21. The molecule has 6 heteroatoms. The van der Waals surface area contributed by atoms with Crippen molar-refractivity contribution in [3.8, 4) is 0 Å². The van der Waals surface area contributed by atoms with Crippen LogP contribution in [0.3, 0.4) is 0 Å². The van der Waals surface area contributed by atoms with Gasteiger partial charge in [0, 0.05) is 0 Å². The molecular weight excluding hydrogens is 164 g/mol. The number of nitrogens with one attached hydrogen (secondary N) is 2. The second-order valence-corrected chi connectivity index (χ2v) is 2.30. The molecule has 3 amide bonds. The fraction of sp³-hybridized carbons (Fsp3) is 0.500. The van der Waals surface area contributed by atoms with E-state index in [2.05, 4.69) is 10.1 Å². The highest BCUT2D eigenvalue weighted by Gasteiger charge is 2.31. The minimum Gasteiger partial charge on any atom is -0.469 e. The van der Waals surface area contributed by atoms with Gasteiger partial charge in [0.05, 0.1) is 13.5 Å². The number of rotatable bonds is 2. The molecule has 1 aliphatic heterocycles. The van der Waals surface area contributed by atoms with Crippen molar-refractivity contribution in [1.29, 1.82) is 0 Å². The predicted octanol–water partition coefficient (Wildman–Crippen LogP) is -1.24. The van der Waals surface area contributed by atoms with Crippen molar-refractivity contribution in [2.45, 2.75) is 12.5 Å². The van der Waals surface area contributed by atoms with Crippen LogP contribution in [0.5, 0.6) is 0 Å². The average Bonchev–Trinajstić information content (AvgIpc) is 2.30. The van der Waals surface area contributed by atoms with Crippen LogP contribution in [0.4, 0.5) is 4.79 Å². The first-order chi connectivity index (χ1) is 5.63. The summed E-state index contributed by atoms with van der Waals surface area (Å²) in [5, 5.41) is 4.27. The molecule has 0 aromatic rings. The van der Waals surface area contributed by atoms with Crippen molar-refractivity contribution >= 4 is 17.9 Å². The second-order valence-electron chi connectivity index (χ2n) is 2.30. The van der Waals surface area contributed by atoms with Gasteiger partial charge in [-0.05, 0) is 0 Å². The van der Waals surface area contributed by atoms with E-state index in [-0.39, 0.29) is 6.42 Å². The lowest BCUT2D eigenvalue weighted by Gasteiger charge is -2.03. The van der Waals surface area contributed by atoms with Gasteiger partial charge in [0.1, 0.15) is 6.04 Å². The number of imide groups is 1. The number of carbonyl (C=O) groups is 3. The molecule has 0 unspecified atom stereocenters. The summed E-state index contributed by atoms with van der Waals surface area (Å²) < 4.78 is 4.33. The zero-order valence-corrected chi connectivity index (χ0v) is 6.42. The molecule has 1 aliphatic rings. The van der Waals surface area contributed by atoms with E-state index in [0.717, 1.165) is 0 Å². The van der Waals surface area contributed by atoms with Gasteiger partial charge in [-0.15, -0.1) is 0 Å². The summed E-state index contributed by atoms with van der Waals surface area (Å²) >= 11 is 0. The van der Waals surface area contributed by atoms with E-state index in [4.69, 9.17) is 0 Å². The van der Waals surface area contributed by atoms with Crippen LogP contribution in [-0.4, -0.2) is 31.1 Å². The van der Waals surface area contributed by atoms with Gasteiger partial charge >= 0.3 is 12.0 Å². The highest BCUT2D eigenvalue weighted by Crippen LogP contribution is 1.99. The number of methoxy groups -OCH3 is 1. The Kier molecular flexibility index (Phi) is 2.27. The van der Waals surface area contributed by atoms with Crippen LogP contribution >= 0.6 is 0 Å². The van der Waals surface area contributed by atoms with Crippen LogP contribution in [-0.2, 0) is 14.3 Å². The fourth-order valence-electron chi connectivity index (χ4n) is 0.853. The Bertz CT molecular complexity index is 238. The molecule has 1 fully saturated rings. The minimum absolute atomic E-state index is 0.131. The molecule has 2 N–H and O–H groups in total. The van der Waals surface area contributed by atoms with Gasteiger partial charge in [-0.2, -0.15) is 0 Å². The molecule has 1 heterocycles. The molecule has 6 nitrogen and oxygen atoms in total. The predicted molar refractivity (Wildman–Crippen MR) is 37.1 cm³/mol. The lowest BCUT2D eigenvalue weighted by Crippen LogP contribution is -2.31.